The van der Waals surface area contributed by atoms with E-state index in [9.17, 15) is 0 Å². The molecule has 2 nitrogen and oxygen atoms in total. The second-order valence-electron chi connectivity index (χ2n) is 6.68. The lowest BCUT2D eigenvalue weighted by Gasteiger charge is -2.38. The van der Waals surface area contributed by atoms with E-state index >= 15 is 0 Å². The van der Waals surface area contributed by atoms with Gasteiger partial charge in [0.15, 0.2) is 0 Å². The molecule has 2 aliphatic rings. The minimum atomic E-state index is 0.849. The Morgan fingerprint density at radius 1 is 1.11 bits per heavy atom. The quantitative estimate of drug-likeness (QED) is 0.741. The van der Waals surface area contributed by atoms with Gasteiger partial charge < -0.3 is 9.80 Å². The molecule has 1 aliphatic heterocycles. The van der Waals surface area contributed by atoms with Crippen molar-refractivity contribution in [2.75, 3.05) is 33.2 Å². The monoisotopic (exact) mass is 252 g/mol. The molecule has 2 fully saturated rings. The van der Waals surface area contributed by atoms with Crippen LogP contribution < -0.4 is 0 Å². The van der Waals surface area contributed by atoms with Gasteiger partial charge in [-0.25, -0.2) is 0 Å². The Morgan fingerprint density at radius 2 is 1.83 bits per heavy atom. The van der Waals surface area contributed by atoms with Crippen LogP contribution in [-0.4, -0.2) is 49.1 Å². The van der Waals surface area contributed by atoms with Crippen molar-refractivity contribution in [3.05, 3.63) is 0 Å². The highest BCUT2D eigenvalue weighted by Gasteiger charge is 2.28. The molecule has 1 aliphatic carbocycles. The fourth-order valence-corrected chi connectivity index (χ4v) is 3.90. The summed E-state index contributed by atoms with van der Waals surface area (Å²) < 4.78 is 0. The maximum atomic E-state index is 2.74. The van der Waals surface area contributed by atoms with Gasteiger partial charge in [-0.05, 0) is 64.2 Å². The second-order valence-corrected chi connectivity index (χ2v) is 6.68. The maximum absolute atomic E-state index is 2.74. The molecule has 1 saturated carbocycles. The number of hydrogen-bond donors (Lipinski definition) is 0. The summed E-state index contributed by atoms with van der Waals surface area (Å²) in [7, 11) is 2.31. The number of rotatable bonds is 5. The van der Waals surface area contributed by atoms with Crippen molar-refractivity contribution in [1.82, 2.24) is 9.80 Å². The van der Waals surface area contributed by atoms with Gasteiger partial charge in [0.25, 0.3) is 0 Å². The van der Waals surface area contributed by atoms with Crippen LogP contribution in [0.25, 0.3) is 0 Å². The van der Waals surface area contributed by atoms with Crippen molar-refractivity contribution < 1.29 is 0 Å². The van der Waals surface area contributed by atoms with Gasteiger partial charge in [-0.3, -0.25) is 0 Å². The normalized spacial score (nSPS) is 31.3. The molecule has 0 bridgehead atoms. The third-order valence-electron chi connectivity index (χ3n) is 5.29. The first-order valence-electron chi connectivity index (χ1n) is 8.13. The number of nitrogens with zero attached hydrogens (tertiary/aromatic N) is 2. The van der Waals surface area contributed by atoms with Crippen molar-refractivity contribution >= 4 is 0 Å². The predicted molar refractivity (Wildman–Crippen MR) is 78.9 cm³/mol. The summed E-state index contributed by atoms with van der Waals surface area (Å²) in [6.45, 7) is 10.1. The molecule has 0 amide bonds. The highest BCUT2D eigenvalue weighted by Crippen LogP contribution is 2.32. The molecule has 2 rings (SSSR count). The summed E-state index contributed by atoms with van der Waals surface area (Å²) in [4.78, 5) is 5.32. The average molecular weight is 252 g/mol. The van der Waals surface area contributed by atoms with Gasteiger partial charge >= 0.3 is 0 Å². The number of likely N-dealkylation sites (tertiary alicyclic amines) is 1. The van der Waals surface area contributed by atoms with Crippen LogP contribution in [0.5, 0.6) is 0 Å². The van der Waals surface area contributed by atoms with Crippen molar-refractivity contribution in [3.8, 4) is 0 Å². The molecular weight excluding hydrogens is 220 g/mol. The van der Waals surface area contributed by atoms with Crippen LogP contribution in [0.15, 0.2) is 0 Å². The first-order chi connectivity index (χ1) is 8.70. The van der Waals surface area contributed by atoms with Crippen LogP contribution in [0.2, 0.25) is 0 Å². The van der Waals surface area contributed by atoms with E-state index in [4.69, 9.17) is 0 Å². The zero-order valence-electron chi connectivity index (χ0n) is 12.7. The summed E-state index contributed by atoms with van der Waals surface area (Å²) in [5.41, 5.74) is 0. The van der Waals surface area contributed by atoms with E-state index < -0.39 is 0 Å². The van der Waals surface area contributed by atoms with Gasteiger partial charge in [0.2, 0.25) is 0 Å². The first kappa shape index (κ1) is 14.3. The topological polar surface area (TPSA) is 6.48 Å². The van der Waals surface area contributed by atoms with E-state index in [1.807, 2.05) is 0 Å². The van der Waals surface area contributed by atoms with Gasteiger partial charge in [-0.2, -0.15) is 0 Å². The van der Waals surface area contributed by atoms with Crippen molar-refractivity contribution in [2.45, 2.75) is 58.4 Å². The molecule has 0 N–H and O–H groups in total. The van der Waals surface area contributed by atoms with E-state index in [0.29, 0.717) is 0 Å². The van der Waals surface area contributed by atoms with E-state index in [2.05, 4.69) is 30.7 Å². The number of piperidine rings is 1. The molecular formula is C16H32N2. The molecule has 18 heavy (non-hydrogen) atoms. The van der Waals surface area contributed by atoms with Gasteiger partial charge in [0.05, 0.1) is 0 Å². The zero-order chi connectivity index (χ0) is 13.0. The summed E-state index contributed by atoms with van der Waals surface area (Å²) >= 11 is 0. The molecule has 0 aromatic heterocycles. The Kier molecular flexibility index (Phi) is 5.50. The Morgan fingerprint density at radius 3 is 2.39 bits per heavy atom. The van der Waals surface area contributed by atoms with Crippen LogP contribution in [-0.2, 0) is 0 Å². The fourth-order valence-electron chi connectivity index (χ4n) is 3.90. The molecule has 1 unspecified atom stereocenters. The molecule has 0 aromatic rings. The smallest absolute Gasteiger partial charge is 0.0117 e. The minimum Gasteiger partial charge on any atom is -0.303 e. The van der Waals surface area contributed by atoms with Crippen LogP contribution in [0.3, 0.4) is 0 Å². The highest BCUT2D eigenvalue weighted by molar-refractivity contribution is 4.82. The third kappa shape index (κ3) is 3.71. The molecule has 0 radical (unpaired) electrons. The van der Waals surface area contributed by atoms with Gasteiger partial charge in [-0.15, -0.1) is 0 Å². The van der Waals surface area contributed by atoms with Crippen molar-refractivity contribution in [1.29, 1.82) is 0 Å². The number of hydrogen-bond acceptors (Lipinski definition) is 2. The molecule has 2 heteroatoms. The molecule has 106 valence electrons. The van der Waals surface area contributed by atoms with Gasteiger partial charge in [0, 0.05) is 12.6 Å². The third-order valence-corrected chi connectivity index (χ3v) is 5.29. The molecule has 1 saturated heterocycles. The second kappa shape index (κ2) is 6.91. The molecule has 2 atom stereocenters. The van der Waals surface area contributed by atoms with E-state index in [1.165, 1.54) is 64.7 Å². The fraction of sp³-hybridized carbons (Fsp3) is 1.00. The van der Waals surface area contributed by atoms with Crippen LogP contribution in [0.4, 0.5) is 0 Å². The first-order valence-corrected chi connectivity index (χ1v) is 8.13. The summed E-state index contributed by atoms with van der Waals surface area (Å²) in [6.07, 6.45) is 8.49. The summed E-state index contributed by atoms with van der Waals surface area (Å²) in [6, 6.07) is 0.849. The van der Waals surface area contributed by atoms with Crippen LogP contribution in [0, 0.1) is 11.8 Å². The summed E-state index contributed by atoms with van der Waals surface area (Å²) in [5.74, 6) is 1.97. The molecule has 0 aromatic carbocycles. The Bertz CT molecular complexity index is 233. The van der Waals surface area contributed by atoms with Gasteiger partial charge in [-0.1, -0.05) is 26.7 Å². The highest BCUT2D eigenvalue weighted by atomic mass is 15.2. The minimum absolute atomic E-state index is 0.849. The average Bonchev–Trinajstić information content (AvgIpc) is 2.76. The summed E-state index contributed by atoms with van der Waals surface area (Å²) in [5, 5.41) is 0. The van der Waals surface area contributed by atoms with Crippen molar-refractivity contribution in [2.24, 2.45) is 11.8 Å². The lowest BCUT2D eigenvalue weighted by Crippen LogP contribution is -2.45. The maximum Gasteiger partial charge on any atom is 0.0117 e. The molecule has 1 heterocycles. The van der Waals surface area contributed by atoms with Crippen LogP contribution in [0.1, 0.15) is 52.4 Å². The largest absolute Gasteiger partial charge is 0.303 e. The lowest BCUT2D eigenvalue weighted by atomic mass is 9.95. The van der Waals surface area contributed by atoms with E-state index in [1.54, 1.807) is 0 Å². The SMILES string of the molecule is CCCN(C)C1CCN(C[C@H]2CCCC2C)CC1. The standard InChI is InChI=1S/C16H32N2/c1-4-10-17(3)16-8-11-18(12-9-16)13-15-7-5-6-14(15)2/h14-16H,4-13H2,1-3H3/t14?,15-/m1/s1. The van der Waals surface area contributed by atoms with Crippen molar-refractivity contribution in [3.63, 3.8) is 0 Å². The Labute approximate surface area is 114 Å². The van der Waals surface area contributed by atoms with Crippen LogP contribution >= 0.6 is 0 Å². The Balaban J connectivity index is 1.70. The van der Waals surface area contributed by atoms with E-state index in [-0.39, 0.29) is 0 Å². The zero-order valence-corrected chi connectivity index (χ0v) is 12.7. The lowest BCUT2D eigenvalue weighted by molar-refractivity contribution is 0.111. The Hall–Kier alpha value is -0.0800. The van der Waals surface area contributed by atoms with E-state index in [0.717, 1.165) is 17.9 Å². The predicted octanol–water partition coefficient (Wildman–Crippen LogP) is 3.23. The van der Waals surface area contributed by atoms with Gasteiger partial charge in [0.1, 0.15) is 0 Å². The molecule has 0 spiro atoms.